The summed E-state index contributed by atoms with van der Waals surface area (Å²) in [6.07, 6.45) is 0. The maximum absolute atomic E-state index is 12.2. The minimum absolute atomic E-state index is 0.0192. The standard InChI is InChI=1S/C28H30N2O3/c1-18-14-24-25(15-19(18)2)33-27(30-24)21-8-6-20(7-9-21)16-29-26(31)17-32-23-12-10-22(11-13-23)28(3,4)5/h6-15H,16-17H2,1-5H3,(H,29,31). The van der Waals surface area contributed by atoms with E-state index >= 15 is 0 Å². The number of rotatable bonds is 6. The van der Waals surface area contributed by atoms with Gasteiger partial charge in [-0.15, -0.1) is 0 Å². The first-order valence-corrected chi connectivity index (χ1v) is 11.2. The SMILES string of the molecule is Cc1cc2nc(-c3ccc(CNC(=O)COc4ccc(C(C)(C)C)cc4)cc3)oc2cc1C. The molecule has 0 radical (unpaired) electrons. The van der Waals surface area contributed by atoms with Gasteiger partial charge in [0.2, 0.25) is 5.89 Å². The Balaban J connectivity index is 1.31. The van der Waals surface area contributed by atoms with Crippen molar-refractivity contribution in [1.82, 2.24) is 10.3 Å². The lowest BCUT2D eigenvalue weighted by Crippen LogP contribution is -2.28. The van der Waals surface area contributed by atoms with Crippen molar-refractivity contribution in [2.24, 2.45) is 0 Å². The van der Waals surface area contributed by atoms with E-state index in [0.717, 1.165) is 22.2 Å². The number of nitrogens with zero attached hydrogens (tertiary/aromatic N) is 1. The van der Waals surface area contributed by atoms with Crippen LogP contribution in [0.5, 0.6) is 5.75 Å². The van der Waals surface area contributed by atoms with Gasteiger partial charge in [0.05, 0.1) is 0 Å². The van der Waals surface area contributed by atoms with Gasteiger partial charge in [-0.1, -0.05) is 45.0 Å². The molecule has 3 aromatic carbocycles. The summed E-state index contributed by atoms with van der Waals surface area (Å²) in [6, 6.07) is 19.8. The summed E-state index contributed by atoms with van der Waals surface area (Å²) < 4.78 is 11.5. The van der Waals surface area contributed by atoms with Gasteiger partial charge in [0, 0.05) is 12.1 Å². The van der Waals surface area contributed by atoms with Crippen molar-refractivity contribution in [2.75, 3.05) is 6.61 Å². The Labute approximate surface area is 194 Å². The Morgan fingerprint density at radius 2 is 1.64 bits per heavy atom. The van der Waals surface area contributed by atoms with Gasteiger partial charge < -0.3 is 14.5 Å². The van der Waals surface area contributed by atoms with Crippen LogP contribution in [0, 0.1) is 13.8 Å². The maximum atomic E-state index is 12.2. The van der Waals surface area contributed by atoms with Crippen LogP contribution in [0.4, 0.5) is 0 Å². The number of hydrogen-bond donors (Lipinski definition) is 1. The largest absolute Gasteiger partial charge is 0.484 e. The van der Waals surface area contributed by atoms with Crippen LogP contribution >= 0.6 is 0 Å². The third-order valence-electron chi connectivity index (χ3n) is 5.78. The Morgan fingerprint density at radius 1 is 0.970 bits per heavy atom. The molecule has 1 amide bonds. The number of hydrogen-bond acceptors (Lipinski definition) is 4. The number of aryl methyl sites for hydroxylation is 2. The van der Waals surface area contributed by atoms with E-state index in [0.29, 0.717) is 18.2 Å². The van der Waals surface area contributed by atoms with E-state index in [2.05, 4.69) is 44.9 Å². The zero-order valence-electron chi connectivity index (χ0n) is 19.9. The highest BCUT2D eigenvalue weighted by molar-refractivity contribution is 5.78. The van der Waals surface area contributed by atoms with Gasteiger partial charge in [0.25, 0.3) is 5.91 Å². The van der Waals surface area contributed by atoms with Crippen LogP contribution in [-0.4, -0.2) is 17.5 Å². The number of carbonyl (C=O) groups excluding carboxylic acids is 1. The molecule has 0 aliphatic heterocycles. The van der Waals surface area contributed by atoms with E-state index in [4.69, 9.17) is 9.15 Å². The zero-order chi connectivity index (χ0) is 23.6. The molecule has 0 bridgehead atoms. The molecule has 0 unspecified atom stereocenters. The van der Waals surface area contributed by atoms with Crippen LogP contribution in [0.3, 0.4) is 0 Å². The minimum Gasteiger partial charge on any atom is -0.484 e. The van der Waals surface area contributed by atoms with Gasteiger partial charge in [-0.05, 0) is 77.9 Å². The number of oxazole rings is 1. The van der Waals surface area contributed by atoms with Gasteiger partial charge in [-0.2, -0.15) is 0 Å². The highest BCUT2D eigenvalue weighted by Crippen LogP contribution is 2.27. The summed E-state index contributed by atoms with van der Waals surface area (Å²) >= 11 is 0. The predicted octanol–water partition coefficient (Wildman–Crippen LogP) is 6.10. The lowest BCUT2D eigenvalue weighted by Gasteiger charge is -2.19. The molecule has 170 valence electrons. The van der Waals surface area contributed by atoms with E-state index in [1.54, 1.807) is 0 Å². The minimum atomic E-state index is -0.163. The molecular formula is C28H30N2O3. The quantitative estimate of drug-likeness (QED) is 0.392. The summed E-state index contributed by atoms with van der Waals surface area (Å²) in [5.74, 6) is 1.12. The Hall–Kier alpha value is -3.60. The molecule has 4 aromatic rings. The smallest absolute Gasteiger partial charge is 0.258 e. The summed E-state index contributed by atoms with van der Waals surface area (Å²) in [5.41, 5.74) is 7.23. The molecule has 0 aliphatic rings. The van der Waals surface area contributed by atoms with Crippen LogP contribution in [-0.2, 0) is 16.8 Å². The van der Waals surface area contributed by atoms with Gasteiger partial charge >= 0.3 is 0 Å². The van der Waals surface area contributed by atoms with Gasteiger partial charge in [0.1, 0.15) is 11.3 Å². The average Bonchev–Trinajstić information content (AvgIpc) is 3.19. The second-order valence-corrected chi connectivity index (χ2v) is 9.46. The molecule has 1 aromatic heterocycles. The molecule has 4 rings (SSSR count). The van der Waals surface area contributed by atoms with Gasteiger partial charge in [-0.25, -0.2) is 4.98 Å². The molecule has 0 atom stereocenters. The average molecular weight is 443 g/mol. The fourth-order valence-electron chi connectivity index (χ4n) is 3.52. The number of nitrogens with one attached hydrogen (secondary N) is 1. The summed E-state index contributed by atoms with van der Waals surface area (Å²) in [5, 5.41) is 2.90. The molecule has 33 heavy (non-hydrogen) atoms. The third kappa shape index (κ3) is 5.43. The van der Waals surface area contributed by atoms with E-state index < -0.39 is 0 Å². The van der Waals surface area contributed by atoms with Crippen molar-refractivity contribution >= 4 is 17.0 Å². The van der Waals surface area contributed by atoms with Crippen LogP contribution in [0.2, 0.25) is 0 Å². The van der Waals surface area contributed by atoms with Crippen molar-refractivity contribution in [3.63, 3.8) is 0 Å². The van der Waals surface area contributed by atoms with E-state index in [1.165, 1.54) is 16.7 Å². The van der Waals surface area contributed by atoms with E-state index in [9.17, 15) is 4.79 Å². The third-order valence-corrected chi connectivity index (χ3v) is 5.78. The highest BCUT2D eigenvalue weighted by atomic mass is 16.5. The Bertz CT molecular complexity index is 1220. The van der Waals surface area contributed by atoms with Crippen molar-refractivity contribution in [3.8, 4) is 17.2 Å². The van der Waals surface area contributed by atoms with Crippen LogP contribution in [0.15, 0.2) is 65.1 Å². The van der Waals surface area contributed by atoms with Gasteiger partial charge in [-0.3, -0.25) is 4.79 Å². The van der Waals surface area contributed by atoms with Crippen molar-refractivity contribution < 1.29 is 13.9 Å². The lowest BCUT2D eigenvalue weighted by atomic mass is 9.87. The number of fused-ring (bicyclic) bond motifs is 1. The van der Waals surface area contributed by atoms with Crippen LogP contribution in [0.25, 0.3) is 22.6 Å². The molecule has 0 aliphatic carbocycles. The first kappa shape index (κ1) is 22.6. The monoisotopic (exact) mass is 442 g/mol. The first-order chi connectivity index (χ1) is 15.7. The topological polar surface area (TPSA) is 64.4 Å². The number of carbonyl (C=O) groups is 1. The molecule has 5 nitrogen and oxygen atoms in total. The maximum Gasteiger partial charge on any atom is 0.258 e. The number of benzene rings is 3. The second-order valence-electron chi connectivity index (χ2n) is 9.46. The fourth-order valence-corrected chi connectivity index (χ4v) is 3.52. The first-order valence-electron chi connectivity index (χ1n) is 11.2. The lowest BCUT2D eigenvalue weighted by molar-refractivity contribution is -0.123. The molecule has 0 saturated heterocycles. The molecule has 0 spiro atoms. The second kappa shape index (κ2) is 9.10. The molecule has 1 heterocycles. The van der Waals surface area contributed by atoms with Gasteiger partial charge in [0.15, 0.2) is 12.2 Å². The van der Waals surface area contributed by atoms with Crippen molar-refractivity contribution in [3.05, 3.63) is 82.9 Å². The molecule has 0 saturated carbocycles. The van der Waals surface area contributed by atoms with E-state index in [-0.39, 0.29) is 17.9 Å². The molecular weight excluding hydrogens is 412 g/mol. The Morgan fingerprint density at radius 3 is 2.30 bits per heavy atom. The van der Waals surface area contributed by atoms with Crippen LogP contribution in [0.1, 0.15) is 43.0 Å². The fraction of sp³-hybridized carbons (Fsp3) is 0.286. The molecule has 5 heteroatoms. The number of aromatic nitrogens is 1. The van der Waals surface area contributed by atoms with Crippen molar-refractivity contribution in [2.45, 2.75) is 46.6 Å². The molecule has 1 N–H and O–H groups in total. The predicted molar refractivity (Wildman–Crippen MR) is 131 cm³/mol. The van der Waals surface area contributed by atoms with Crippen LogP contribution < -0.4 is 10.1 Å². The number of amides is 1. The normalized spacial score (nSPS) is 11.5. The summed E-state index contributed by atoms with van der Waals surface area (Å²) in [6.45, 7) is 11.0. The Kier molecular flexibility index (Phi) is 6.23. The highest BCUT2D eigenvalue weighted by Gasteiger charge is 2.13. The van der Waals surface area contributed by atoms with E-state index in [1.807, 2.05) is 60.7 Å². The summed E-state index contributed by atoms with van der Waals surface area (Å²) in [7, 11) is 0. The number of ether oxygens (including phenoxy) is 1. The van der Waals surface area contributed by atoms with Crippen molar-refractivity contribution in [1.29, 1.82) is 0 Å². The zero-order valence-corrected chi connectivity index (χ0v) is 19.9. The summed E-state index contributed by atoms with van der Waals surface area (Å²) in [4.78, 5) is 16.8. The molecule has 0 fully saturated rings.